The van der Waals surface area contributed by atoms with Crippen LogP contribution in [-0.2, 0) is 40.5 Å². The molecule has 0 saturated carbocycles. The van der Waals surface area contributed by atoms with E-state index in [9.17, 15) is 66.9 Å². The number of aromatic hydroxyl groups is 2. The molecule has 12 N–H and O–H groups in total. The molecule has 0 heterocycles. The second-order valence-corrected chi connectivity index (χ2v) is 18.0. The number of anilines is 4. The molecule has 0 aliphatic heterocycles. The molecule has 0 unspecified atom stereocenters. The molecule has 6 rings (SSSR count). The summed E-state index contributed by atoms with van der Waals surface area (Å²) in [6.07, 6.45) is 0. The lowest BCUT2D eigenvalue weighted by Gasteiger charge is -2.11. The van der Waals surface area contributed by atoms with Crippen LogP contribution in [0.1, 0.15) is 0 Å². The number of carbonyl (C=O) groups excluding carboxylic acids is 1. The lowest BCUT2D eigenvalue weighted by Crippen LogP contribution is -2.19. The van der Waals surface area contributed by atoms with Crippen molar-refractivity contribution < 1.29 is 66.9 Å². The van der Waals surface area contributed by atoms with Gasteiger partial charge in [-0.05, 0) is 71.4 Å². The van der Waals surface area contributed by atoms with E-state index >= 15 is 0 Å². The van der Waals surface area contributed by atoms with Crippen molar-refractivity contribution in [2.24, 2.45) is 20.5 Å². The lowest BCUT2D eigenvalue weighted by atomic mass is 10.1. The maximum atomic E-state index is 12.9. The summed E-state index contributed by atoms with van der Waals surface area (Å²) < 4.78 is 135. The molecule has 2 amide bonds. The van der Waals surface area contributed by atoms with E-state index in [2.05, 4.69) is 31.1 Å². The van der Waals surface area contributed by atoms with Crippen molar-refractivity contribution in [3.05, 3.63) is 84.9 Å². The van der Waals surface area contributed by atoms with Crippen molar-refractivity contribution in [2.45, 2.75) is 19.6 Å². The van der Waals surface area contributed by atoms with Crippen LogP contribution in [0, 0.1) is 0 Å². The first-order valence-electron chi connectivity index (χ1n) is 16.0. The molecule has 0 aromatic heterocycles. The van der Waals surface area contributed by atoms with E-state index < -0.39 is 89.0 Å². The van der Waals surface area contributed by atoms with Gasteiger partial charge in [0, 0.05) is 23.5 Å². The molecule has 0 spiro atoms. The van der Waals surface area contributed by atoms with Crippen molar-refractivity contribution >= 4 is 114 Å². The molecule has 0 atom stereocenters. The third kappa shape index (κ3) is 9.06. The minimum absolute atomic E-state index is 0.0440. The normalized spacial score (nSPS) is 12.7. The average molecular weight is 903 g/mol. The number of urea groups is 1. The molecule has 27 heteroatoms. The lowest BCUT2D eigenvalue weighted by molar-refractivity contribution is 0.262. The summed E-state index contributed by atoms with van der Waals surface area (Å²) >= 11 is 0. The number of nitrogens with two attached hydrogens (primary N) is 2. The van der Waals surface area contributed by atoms with Crippen LogP contribution >= 0.6 is 0 Å². The SMILES string of the molecule is Nc1ccc2cc(S(=O)(=O)O)cc(O)c2c1/N=N/c1ccc(NC(=O)Nc2ccc(/N=N/c3c(N)ccc4cc(S(=O)(=O)O)cc(O)c34)c(S(=O)(=O)O)c2)cc1S(=O)(=O)O. The number of phenols is 2. The predicted octanol–water partition coefficient (Wildman–Crippen LogP) is 6.03. The summed E-state index contributed by atoms with van der Waals surface area (Å²) in [6, 6.07) is 13.3. The molecule has 6 aromatic rings. The number of amides is 2. The molecule has 0 bridgehead atoms. The first kappa shape index (κ1) is 42.7. The van der Waals surface area contributed by atoms with E-state index in [1.54, 1.807) is 0 Å². The molecule has 60 heavy (non-hydrogen) atoms. The number of nitrogens with zero attached hydrogens (tertiary/aromatic N) is 4. The van der Waals surface area contributed by atoms with Crippen molar-refractivity contribution in [1.29, 1.82) is 0 Å². The molecular formula is C33H26N8O15S4. The van der Waals surface area contributed by atoms with Gasteiger partial charge in [0.05, 0.1) is 31.9 Å². The number of fused-ring (bicyclic) bond motifs is 2. The fraction of sp³-hybridized carbons (Fsp3) is 0. The number of nitrogen functional groups attached to an aromatic ring is 2. The topological polar surface area (TPSA) is 401 Å². The Balaban J connectivity index is 1.27. The number of carbonyl (C=O) groups is 1. The van der Waals surface area contributed by atoms with Gasteiger partial charge in [0.15, 0.2) is 0 Å². The van der Waals surface area contributed by atoms with Crippen molar-refractivity contribution in [3.63, 3.8) is 0 Å². The van der Waals surface area contributed by atoms with Crippen LogP contribution < -0.4 is 22.1 Å². The second kappa shape index (κ2) is 15.4. The maximum Gasteiger partial charge on any atom is 0.323 e. The highest BCUT2D eigenvalue weighted by Gasteiger charge is 2.22. The van der Waals surface area contributed by atoms with E-state index in [1.807, 2.05) is 0 Å². The first-order valence-corrected chi connectivity index (χ1v) is 21.8. The van der Waals surface area contributed by atoms with E-state index in [0.717, 1.165) is 60.7 Å². The highest BCUT2D eigenvalue weighted by Crippen LogP contribution is 2.43. The minimum atomic E-state index is -5.09. The summed E-state index contributed by atoms with van der Waals surface area (Å²) in [5.74, 6) is -1.36. The minimum Gasteiger partial charge on any atom is -0.507 e. The van der Waals surface area contributed by atoms with E-state index in [0.29, 0.717) is 0 Å². The molecule has 0 fully saturated rings. The van der Waals surface area contributed by atoms with Gasteiger partial charge < -0.3 is 32.3 Å². The zero-order chi connectivity index (χ0) is 44.1. The van der Waals surface area contributed by atoms with Gasteiger partial charge >= 0.3 is 6.03 Å². The maximum absolute atomic E-state index is 12.9. The van der Waals surface area contributed by atoms with Crippen molar-refractivity contribution in [2.75, 3.05) is 22.1 Å². The van der Waals surface area contributed by atoms with Gasteiger partial charge in [-0.2, -0.15) is 33.7 Å². The number of rotatable bonds is 10. The van der Waals surface area contributed by atoms with Crippen LogP contribution in [0.3, 0.4) is 0 Å². The fourth-order valence-corrected chi connectivity index (χ4v) is 7.98. The number of azo groups is 2. The smallest absolute Gasteiger partial charge is 0.323 e. The Hall–Kier alpha value is -6.85. The Morgan fingerprint density at radius 3 is 1.18 bits per heavy atom. The number of phenolic OH excluding ortho intramolecular Hbond substituents is 2. The predicted molar refractivity (Wildman–Crippen MR) is 213 cm³/mol. The van der Waals surface area contributed by atoms with Gasteiger partial charge in [-0.15, -0.1) is 20.5 Å². The monoisotopic (exact) mass is 902 g/mol. The Morgan fingerprint density at radius 1 is 0.483 bits per heavy atom. The van der Waals surface area contributed by atoms with Crippen LogP contribution in [0.15, 0.2) is 125 Å². The zero-order valence-electron chi connectivity index (χ0n) is 29.5. The largest absolute Gasteiger partial charge is 0.507 e. The molecule has 0 aliphatic rings. The molecule has 312 valence electrons. The molecule has 0 saturated heterocycles. The first-order chi connectivity index (χ1) is 27.8. The Labute approximate surface area is 337 Å². The Bertz CT molecular complexity index is 3120. The second-order valence-electron chi connectivity index (χ2n) is 12.3. The van der Waals surface area contributed by atoms with Gasteiger partial charge in [-0.1, -0.05) is 12.1 Å². The van der Waals surface area contributed by atoms with Gasteiger partial charge in [0.2, 0.25) is 0 Å². The quantitative estimate of drug-likeness (QED) is 0.0426. The van der Waals surface area contributed by atoms with E-state index in [1.165, 1.54) is 24.3 Å². The van der Waals surface area contributed by atoms with Crippen LogP contribution in [-0.4, -0.2) is 68.1 Å². The fourth-order valence-electron chi connectivity index (χ4n) is 5.61. The highest BCUT2D eigenvalue weighted by atomic mass is 32.2. The number of hydrogen-bond donors (Lipinski definition) is 10. The van der Waals surface area contributed by atoms with Crippen LogP contribution in [0.25, 0.3) is 21.5 Å². The summed E-state index contributed by atoms with van der Waals surface area (Å²) in [5, 5.41) is 40.9. The van der Waals surface area contributed by atoms with Gasteiger partial charge in [0.25, 0.3) is 40.5 Å². The molecule has 23 nitrogen and oxygen atoms in total. The van der Waals surface area contributed by atoms with E-state index in [-0.39, 0.29) is 55.7 Å². The van der Waals surface area contributed by atoms with Gasteiger partial charge in [-0.25, -0.2) is 4.79 Å². The number of benzene rings is 6. The third-order valence-electron chi connectivity index (χ3n) is 8.25. The Morgan fingerprint density at radius 2 is 0.850 bits per heavy atom. The van der Waals surface area contributed by atoms with Crippen LogP contribution in [0.5, 0.6) is 11.5 Å². The highest BCUT2D eigenvalue weighted by molar-refractivity contribution is 7.86. The standard InChI is InChI=1S/C33H26N8O15S4/c34-21-5-1-15-9-19(57(45,46)47)13-25(42)29(15)31(21)40-38-23-7-3-17(11-27(23)59(51,52)53)36-33(44)37-18-4-8-24(28(12-18)60(54,55)56)39-41-32-22(35)6-2-16-10-20(58(48,49)50)14-26(43)30(16)32/h1-14,42-43H,34-35H2,(H2,36,37,44)(H,45,46,47)(H,48,49,50)(H,51,52,53)(H,54,55,56)/b40-38+,41-39+. The van der Waals surface area contributed by atoms with Crippen molar-refractivity contribution in [1.82, 2.24) is 0 Å². The van der Waals surface area contributed by atoms with Gasteiger partial charge in [0.1, 0.15) is 44.0 Å². The summed E-state index contributed by atoms with van der Waals surface area (Å²) in [6.45, 7) is 0. The third-order valence-corrected chi connectivity index (χ3v) is 11.7. The Kier molecular flexibility index (Phi) is 11.0. The van der Waals surface area contributed by atoms with Crippen molar-refractivity contribution in [3.8, 4) is 11.5 Å². The summed E-state index contributed by atoms with van der Waals surface area (Å²) in [4.78, 5) is 9.88. The van der Waals surface area contributed by atoms with Crippen LogP contribution in [0.4, 0.5) is 50.3 Å². The van der Waals surface area contributed by atoms with E-state index in [4.69, 9.17) is 11.5 Å². The molecule has 0 aliphatic carbocycles. The summed E-state index contributed by atoms with van der Waals surface area (Å²) in [7, 11) is -19.6. The van der Waals surface area contributed by atoms with Crippen LogP contribution in [0.2, 0.25) is 0 Å². The zero-order valence-corrected chi connectivity index (χ0v) is 32.8. The number of nitrogens with one attached hydrogen (secondary N) is 2. The average Bonchev–Trinajstić information content (AvgIpc) is 3.13. The number of hydrogen-bond acceptors (Lipinski definition) is 17. The molecule has 6 aromatic carbocycles. The molecule has 0 radical (unpaired) electrons. The summed E-state index contributed by atoms with van der Waals surface area (Å²) in [5.41, 5.74) is 9.74. The molecular weight excluding hydrogens is 877 g/mol. The van der Waals surface area contributed by atoms with Gasteiger partial charge in [-0.3, -0.25) is 18.2 Å².